The van der Waals surface area contributed by atoms with E-state index in [2.05, 4.69) is 0 Å². The molecule has 1 aromatic carbocycles. The number of carboxylic acid groups (broad SMARTS) is 1. The molecule has 0 aliphatic heterocycles. The van der Waals surface area contributed by atoms with E-state index >= 15 is 0 Å². The molecule has 0 saturated heterocycles. The summed E-state index contributed by atoms with van der Waals surface area (Å²) in [5, 5.41) is 9.07. The van der Waals surface area contributed by atoms with Crippen molar-refractivity contribution in [2.45, 2.75) is 18.4 Å². The van der Waals surface area contributed by atoms with Crippen LogP contribution in [0.15, 0.2) is 30.3 Å². The molecular weight excluding hydrogens is 192 g/mol. The van der Waals surface area contributed by atoms with Gasteiger partial charge in [-0.1, -0.05) is 37.3 Å². The van der Waals surface area contributed by atoms with Gasteiger partial charge < -0.3 is 9.84 Å². The lowest BCUT2D eigenvalue weighted by molar-refractivity contribution is -0.139. The van der Waals surface area contributed by atoms with E-state index in [0.29, 0.717) is 0 Å². The van der Waals surface area contributed by atoms with Crippen LogP contribution in [0.2, 0.25) is 0 Å². The number of hydrogen-bond acceptors (Lipinski definition) is 2. The summed E-state index contributed by atoms with van der Waals surface area (Å²) in [6, 6.07) is 9.67. The number of aliphatic carboxylic acids is 1. The van der Waals surface area contributed by atoms with Gasteiger partial charge in [-0.3, -0.25) is 4.79 Å². The third-order valence-corrected chi connectivity index (χ3v) is 3.35. The van der Waals surface area contributed by atoms with Crippen molar-refractivity contribution in [2.24, 2.45) is 5.92 Å². The highest BCUT2D eigenvalue weighted by Gasteiger charge is 2.67. The maximum absolute atomic E-state index is 11.0. The van der Waals surface area contributed by atoms with Crippen LogP contribution in [0.4, 0.5) is 0 Å². The first-order chi connectivity index (χ1) is 7.12. The highest BCUT2D eigenvalue weighted by atomic mass is 16.5. The molecule has 0 radical (unpaired) electrons. The van der Waals surface area contributed by atoms with Gasteiger partial charge in [0.1, 0.15) is 0 Å². The predicted molar refractivity (Wildman–Crippen MR) is 55.7 cm³/mol. The van der Waals surface area contributed by atoms with Crippen molar-refractivity contribution in [3.05, 3.63) is 35.9 Å². The molecule has 0 spiro atoms. The number of rotatable bonds is 3. The number of benzene rings is 1. The lowest BCUT2D eigenvalue weighted by Gasteiger charge is -2.10. The number of methoxy groups -OCH3 is 1. The second-order valence-electron chi connectivity index (χ2n) is 4.12. The Hall–Kier alpha value is -1.35. The van der Waals surface area contributed by atoms with Crippen LogP contribution in [0.1, 0.15) is 12.5 Å². The van der Waals surface area contributed by atoms with Crippen molar-refractivity contribution < 1.29 is 14.6 Å². The molecule has 2 rings (SSSR count). The lowest BCUT2D eigenvalue weighted by Crippen LogP contribution is -2.11. The Labute approximate surface area is 88.7 Å². The van der Waals surface area contributed by atoms with Crippen molar-refractivity contribution in [3.63, 3.8) is 0 Å². The first-order valence-electron chi connectivity index (χ1n) is 4.93. The van der Waals surface area contributed by atoms with Gasteiger partial charge in [0.05, 0.1) is 12.0 Å². The van der Waals surface area contributed by atoms with Gasteiger partial charge in [0, 0.05) is 12.5 Å². The molecule has 80 valence electrons. The van der Waals surface area contributed by atoms with Crippen LogP contribution in [0.3, 0.4) is 0 Å². The SMILES string of the molecule is CO[C@H]1[C@H](C(=O)O)[C@@]1(C)c1ccccc1. The molecule has 0 amide bonds. The molecule has 0 unspecified atom stereocenters. The maximum atomic E-state index is 11.0. The Morgan fingerprint density at radius 1 is 1.40 bits per heavy atom. The van der Waals surface area contributed by atoms with E-state index in [1.807, 2.05) is 37.3 Å². The molecule has 1 saturated carbocycles. The predicted octanol–water partition coefficient (Wildman–Crippen LogP) is 1.67. The fourth-order valence-electron chi connectivity index (χ4n) is 2.38. The Bertz CT molecular complexity index is 374. The second kappa shape index (κ2) is 3.35. The van der Waals surface area contributed by atoms with Crippen LogP contribution in [0.25, 0.3) is 0 Å². The van der Waals surface area contributed by atoms with Crippen molar-refractivity contribution in [1.29, 1.82) is 0 Å². The van der Waals surface area contributed by atoms with Gasteiger partial charge in [-0.25, -0.2) is 0 Å². The number of carbonyl (C=O) groups is 1. The first kappa shape index (κ1) is 10.2. The monoisotopic (exact) mass is 206 g/mol. The lowest BCUT2D eigenvalue weighted by atomic mass is 9.95. The second-order valence-corrected chi connectivity index (χ2v) is 4.12. The van der Waals surface area contributed by atoms with Gasteiger partial charge in [-0.2, -0.15) is 0 Å². The van der Waals surface area contributed by atoms with Gasteiger partial charge in [0.15, 0.2) is 0 Å². The molecule has 3 atom stereocenters. The minimum Gasteiger partial charge on any atom is -0.481 e. The van der Waals surface area contributed by atoms with Gasteiger partial charge in [0.2, 0.25) is 0 Å². The van der Waals surface area contributed by atoms with Crippen molar-refractivity contribution in [2.75, 3.05) is 7.11 Å². The van der Waals surface area contributed by atoms with Crippen LogP contribution in [-0.4, -0.2) is 24.3 Å². The van der Waals surface area contributed by atoms with Gasteiger partial charge in [0.25, 0.3) is 0 Å². The third-order valence-electron chi connectivity index (χ3n) is 3.35. The summed E-state index contributed by atoms with van der Waals surface area (Å²) in [6.07, 6.45) is -0.211. The Morgan fingerprint density at radius 2 is 2.00 bits per heavy atom. The van der Waals surface area contributed by atoms with E-state index in [4.69, 9.17) is 9.84 Å². The standard InChI is InChI=1S/C12H14O3/c1-12(8-6-4-3-5-7-8)9(11(13)14)10(12)15-2/h3-7,9-10H,1-2H3,(H,13,14)/t9-,10+,12-/m1/s1. The average molecular weight is 206 g/mol. The first-order valence-corrected chi connectivity index (χ1v) is 4.93. The van der Waals surface area contributed by atoms with Crippen LogP contribution in [0, 0.1) is 5.92 Å². The fraction of sp³-hybridized carbons (Fsp3) is 0.417. The largest absolute Gasteiger partial charge is 0.481 e. The van der Waals surface area contributed by atoms with Crippen molar-refractivity contribution in [3.8, 4) is 0 Å². The summed E-state index contributed by atoms with van der Waals surface area (Å²) >= 11 is 0. The van der Waals surface area contributed by atoms with Gasteiger partial charge in [-0.15, -0.1) is 0 Å². The third kappa shape index (κ3) is 1.35. The quantitative estimate of drug-likeness (QED) is 0.818. The van der Waals surface area contributed by atoms with Gasteiger partial charge in [-0.05, 0) is 5.56 Å². The minimum absolute atomic E-state index is 0.211. The molecule has 0 bridgehead atoms. The topological polar surface area (TPSA) is 46.5 Å². The van der Waals surface area contributed by atoms with Gasteiger partial charge >= 0.3 is 5.97 Å². The van der Waals surface area contributed by atoms with E-state index < -0.39 is 11.9 Å². The molecule has 3 nitrogen and oxygen atoms in total. The molecule has 1 fully saturated rings. The minimum atomic E-state index is -0.784. The summed E-state index contributed by atoms with van der Waals surface area (Å²) in [5.41, 5.74) is 0.659. The normalized spacial score (nSPS) is 33.7. The van der Waals surface area contributed by atoms with E-state index in [-0.39, 0.29) is 11.5 Å². The van der Waals surface area contributed by atoms with Crippen molar-refractivity contribution in [1.82, 2.24) is 0 Å². The summed E-state index contributed by atoms with van der Waals surface area (Å²) in [4.78, 5) is 11.0. The number of carboxylic acids is 1. The molecule has 1 aliphatic rings. The Morgan fingerprint density at radius 3 is 2.40 bits per heavy atom. The molecular formula is C12H14O3. The Kier molecular flexibility index (Phi) is 2.27. The summed E-state index contributed by atoms with van der Waals surface area (Å²) in [5.74, 6) is -1.21. The highest BCUT2D eigenvalue weighted by molar-refractivity contribution is 5.79. The molecule has 1 aromatic rings. The molecule has 1 N–H and O–H groups in total. The van der Waals surface area contributed by atoms with Crippen LogP contribution < -0.4 is 0 Å². The number of hydrogen-bond donors (Lipinski definition) is 1. The number of ether oxygens (including phenoxy) is 1. The zero-order valence-electron chi connectivity index (χ0n) is 8.81. The smallest absolute Gasteiger partial charge is 0.310 e. The maximum Gasteiger partial charge on any atom is 0.310 e. The van der Waals surface area contributed by atoms with Crippen LogP contribution in [0.5, 0.6) is 0 Å². The Balaban J connectivity index is 2.33. The molecule has 3 heteroatoms. The van der Waals surface area contributed by atoms with Crippen LogP contribution >= 0.6 is 0 Å². The molecule has 15 heavy (non-hydrogen) atoms. The van der Waals surface area contributed by atoms with E-state index in [1.165, 1.54) is 0 Å². The van der Waals surface area contributed by atoms with Crippen molar-refractivity contribution >= 4 is 5.97 Å². The zero-order chi connectivity index (χ0) is 11.1. The molecule has 0 heterocycles. The summed E-state index contributed by atoms with van der Waals surface area (Å²) in [7, 11) is 1.56. The van der Waals surface area contributed by atoms with Crippen LogP contribution in [-0.2, 0) is 14.9 Å². The van der Waals surface area contributed by atoms with E-state index in [0.717, 1.165) is 5.56 Å². The average Bonchev–Trinajstić information content (AvgIpc) is 2.87. The highest BCUT2D eigenvalue weighted by Crippen LogP contribution is 2.55. The fourth-order valence-corrected chi connectivity index (χ4v) is 2.38. The van der Waals surface area contributed by atoms with E-state index in [1.54, 1.807) is 7.11 Å². The molecule has 0 aromatic heterocycles. The zero-order valence-corrected chi connectivity index (χ0v) is 8.81. The molecule has 1 aliphatic carbocycles. The summed E-state index contributed by atoms with van der Waals surface area (Å²) in [6.45, 7) is 1.94. The summed E-state index contributed by atoms with van der Waals surface area (Å²) < 4.78 is 5.22. The van der Waals surface area contributed by atoms with E-state index in [9.17, 15) is 4.79 Å².